The Morgan fingerprint density at radius 2 is 1.89 bits per heavy atom. The Labute approximate surface area is 173 Å². The summed E-state index contributed by atoms with van der Waals surface area (Å²) >= 11 is 6.29. The maximum atomic E-state index is 6.29. The molecule has 1 aliphatic rings. The van der Waals surface area contributed by atoms with Gasteiger partial charge in [-0.25, -0.2) is 0 Å². The summed E-state index contributed by atoms with van der Waals surface area (Å²) < 4.78 is 12.0. The normalized spacial score (nSPS) is 17.0. The number of para-hydroxylation sites is 1. The summed E-state index contributed by atoms with van der Waals surface area (Å²) in [5.41, 5.74) is 2.08. The molecule has 2 aromatic carbocycles. The van der Waals surface area contributed by atoms with Crippen LogP contribution in [-0.2, 0) is 13.2 Å². The lowest BCUT2D eigenvalue weighted by atomic mass is 10.1. The molecule has 1 fully saturated rings. The van der Waals surface area contributed by atoms with Crippen LogP contribution in [0.2, 0.25) is 5.02 Å². The maximum absolute atomic E-state index is 6.29. The van der Waals surface area contributed by atoms with Gasteiger partial charge in [0.15, 0.2) is 11.5 Å². The predicted molar refractivity (Wildman–Crippen MR) is 115 cm³/mol. The quantitative estimate of drug-likeness (QED) is 0.613. The van der Waals surface area contributed by atoms with Crippen molar-refractivity contribution in [3.63, 3.8) is 0 Å². The Morgan fingerprint density at radius 1 is 1.07 bits per heavy atom. The maximum Gasteiger partial charge on any atom is 0.166 e. The highest BCUT2D eigenvalue weighted by atomic mass is 35.5. The molecule has 1 saturated heterocycles. The van der Waals surface area contributed by atoms with Gasteiger partial charge >= 0.3 is 0 Å². The van der Waals surface area contributed by atoms with Gasteiger partial charge in [-0.3, -0.25) is 4.90 Å². The molecule has 28 heavy (non-hydrogen) atoms. The summed E-state index contributed by atoms with van der Waals surface area (Å²) in [7, 11) is 0. The fourth-order valence-corrected chi connectivity index (χ4v) is 4.01. The highest BCUT2D eigenvalue weighted by molar-refractivity contribution is 6.31. The van der Waals surface area contributed by atoms with Crippen molar-refractivity contribution in [2.45, 2.75) is 45.9 Å². The minimum atomic E-state index is 0.420. The van der Waals surface area contributed by atoms with Gasteiger partial charge in [-0.2, -0.15) is 0 Å². The van der Waals surface area contributed by atoms with Gasteiger partial charge in [0.05, 0.1) is 6.61 Å². The van der Waals surface area contributed by atoms with Gasteiger partial charge in [-0.1, -0.05) is 48.9 Å². The highest BCUT2D eigenvalue weighted by Gasteiger charge is 2.22. The van der Waals surface area contributed by atoms with Crippen LogP contribution in [0.25, 0.3) is 0 Å². The second kappa shape index (κ2) is 10.7. The zero-order chi connectivity index (χ0) is 19.8. The third-order valence-corrected chi connectivity index (χ3v) is 5.66. The van der Waals surface area contributed by atoms with E-state index in [1.807, 2.05) is 43.3 Å². The van der Waals surface area contributed by atoms with Crippen LogP contribution in [0.5, 0.6) is 11.5 Å². The number of hydrogen-bond acceptors (Lipinski definition) is 4. The van der Waals surface area contributed by atoms with E-state index in [4.69, 9.17) is 21.1 Å². The molecule has 0 spiro atoms. The van der Waals surface area contributed by atoms with Gasteiger partial charge in [-0.05, 0) is 45.0 Å². The number of nitrogens with zero attached hydrogens (tertiary/aromatic N) is 1. The van der Waals surface area contributed by atoms with Gasteiger partial charge in [0.1, 0.15) is 6.61 Å². The van der Waals surface area contributed by atoms with Crippen LogP contribution in [0.15, 0.2) is 42.5 Å². The van der Waals surface area contributed by atoms with Crippen molar-refractivity contribution in [3.05, 3.63) is 58.6 Å². The van der Waals surface area contributed by atoms with E-state index in [0.717, 1.165) is 47.3 Å². The standard InChI is InChI=1S/C23H31ClN2O2/c1-3-26-14-8-11-20(26)16-25-15-18-10-7-13-22(27-4-2)23(18)28-17-19-9-5-6-12-21(19)24/h5-7,9-10,12-13,20,25H,3-4,8,11,14-17H2,1-2H3/t20-/m1/s1. The molecule has 5 heteroatoms. The van der Waals surface area contributed by atoms with Crippen LogP contribution < -0.4 is 14.8 Å². The van der Waals surface area contributed by atoms with Crippen molar-refractivity contribution in [3.8, 4) is 11.5 Å². The van der Waals surface area contributed by atoms with E-state index in [9.17, 15) is 0 Å². The second-order valence-electron chi connectivity index (χ2n) is 7.11. The Kier molecular flexibility index (Phi) is 8.01. The van der Waals surface area contributed by atoms with Gasteiger partial charge in [-0.15, -0.1) is 0 Å². The first-order valence-electron chi connectivity index (χ1n) is 10.3. The third kappa shape index (κ3) is 5.40. The summed E-state index contributed by atoms with van der Waals surface area (Å²) in [6.07, 6.45) is 2.57. The van der Waals surface area contributed by atoms with Crippen LogP contribution in [0.3, 0.4) is 0 Å². The first-order chi connectivity index (χ1) is 13.7. The van der Waals surface area contributed by atoms with E-state index in [1.165, 1.54) is 19.4 Å². The number of benzene rings is 2. The summed E-state index contributed by atoms with van der Waals surface area (Å²) in [4.78, 5) is 2.55. The molecule has 0 bridgehead atoms. The van der Waals surface area contributed by atoms with Crippen LogP contribution in [0.4, 0.5) is 0 Å². The van der Waals surface area contributed by atoms with Crippen LogP contribution in [0, 0.1) is 0 Å². The molecule has 0 amide bonds. The van der Waals surface area contributed by atoms with Gasteiger partial charge in [0.25, 0.3) is 0 Å². The Bertz CT molecular complexity index is 753. The van der Waals surface area contributed by atoms with Crippen molar-refractivity contribution in [2.24, 2.45) is 0 Å². The predicted octanol–water partition coefficient (Wildman–Crippen LogP) is 4.89. The molecular weight excluding hydrogens is 372 g/mol. The lowest BCUT2D eigenvalue weighted by Crippen LogP contribution is -2.37. The molecule has 0 aromatic heterocycles. The summed E-state index contributed by atoms with van der Waals surface area (Å²) in [6.45, 7) is 9.35. The first kappa shape index (κ1) is 21.0. The Hall–Kier alpha value is -1.75. The summed E-state index contributed by atoms with van der Waals surface area (Å²) in [6, 6.07) is 14.5. The summed E-state index contributed by atoms with van der Waals surface area (Å²) in [5.74, 6) is 1.58. The number of likely N-dealkylation sites (tertiary alicyclic amines) is 1. The van der Waals surface area contributed by atoms with E-state index in [0.29, 0.717) is 19.3 Å². The number of hydrogen-bond donors (Lipinski definition) is 1. The molecule has 4 nitrogen and oxygen atoms in total. The second-order valence-corrected chi connectivity index (χ2v) is 7.52. The number of ether oxygens (including phenoxy) is 2. The lowest BCUT2D eigenvalue weighted by molar-refractivity contribution is 0.256. The molecule has 1 heterocycles. The van der Waals surface area contributed by atoms with Crippen molar-refractivity contribution in [1.29, 1.82) is 0 Å². The average Bonchev–Trinajstić information content (AvgIpc) is 3.16. The van der Waals surface area contributed by atoms with Crippen molar-refractivity contribution >= 4 is 11.6 Å². The largest absolute Gasteiger partial charge is 0.490 e. The van der Waals surface area contributed by atoms with Crippen molar-refractivity contribution in [1.82, 2.24) is 10.2 Å². The van der Waals surface area contributed by atoms with E-state index >= 15 is 0 Å². The van der Waals surface area contributed by atoms with Crippen molar-refractivity contribution in [2.75, 3.05) is 26.2 Å². The van der Waals surface area contributed by atoms with E-state index in [1.54, 1.807) is 0 Å². The van der Waals surface area contributed by atoms with Gasteiger partial charge in [0, 0.05) is 35.3 Å². The molecule has 1 atom stereocenters. The van der Waals surface area contributed by atoms with E-state index in [-0.39, 0.29) is 0 Å². The molecule has 0 aliphatic carbocycles. The zero-order valence-electron chi connectivity index (χ0n) is 16.9. The van der Waals surface area contributed by atoms with E-state index in [2.05, 4.69) is 23.2 Å². The molecule has 0 unspecified atom stereocenters. The monoisotopic (exact) mass is 402 g/mol. The molecule has 2 aromatic rings. The molecule has 1 N–H and O–H groups in total. The molecule has 152 valence electrons. The van der Waals surface area contributed by atoms with Gasteiger partial charge < -0.3 is 14.8 Å². The van der Waals surface area contributed by atoms with Crippen LogP contribution in [-0.4, -0.2) is 37.2 Å². The molecule has 3 rings (SSSR count). The average molecular weight is 403 g/mol. The van der Waals surface area contributed by atoms with Crippen molar-refractivity contribution < 1.29 is 9.47 Å². The molecule has 1 aliphatic heterocycles. The Morgan fingerprint density at radius 3 is 2.68 bits per heavy atom. The third-order valence-electron chi connectivity index (χ3n) is 5.29. The first-order valence-corrected chi connectivity index (χ1v) is 10.7. The molecule has 0 radical (unpaired) electrons. The molecule has 0 saturated carbocycles. The summed E-state index contributed by atoms with van der Waals surface area (Å²) in [5, 5.41) is 4.34. The Balaban J connectivity index is 1.67. The van der Waals surface area contributed by atoms with Gasteiger partial charge in [0.2, 0.25) is 0 Å². The minimum absolute atomic E-state index is 0.420. The smallest absolute Gasteiger partial charge is 0.166 e. The van der Waals surface area contributed by atoms with Crippen LogP contribution >= 0.6 is 11.6 Å². The topological polar surface area (TPSA) is 33.7 Å². The number of likely N-dealkylation sites (N-methyl/N-ethyl adjacent to an activating group) is 1. The lowest BCUT2D eigenvalue weighted by Gasteiger charge is -2.23. The minimum Gasteiger partial charge on any atom is -0.490 e. The zero-order valence-corrected chi connectivity index (χ0v) is 17.7. The van der Waals surface area contributed by atoms with E-state index < -0.39 is 0 Å². The van der Waals surface area contributed by atoms with Crippen LogP contribution in [0.1, 0.15) is 37.8 Å². The fraction of sp³-hybridized carbons (Fsp3) is 0.478. The number of halogens is 1. The highest BCUT2D eigenvalue weighted by Crippen LogP contribution is 2.33. The SMILES string of the molecule is CCOc1cccc(CNC[C@H]2CCCN2CC)c1OCc1ccccc1Cl. The number of rotatable bonds is 10. The fourth-order valence-electron chi connectivity index (χ4n) is 3.81. The molecular formula is C23H31ClN2O2. The number of nitrogens with one attached hydrogen (secondary N) is 1.